The van der Waals surface area contributed by atoms with Crippen LogP contribution >= 0.6 is 15.9 Å². The molecular formula is C33H42BrN3O7. The summed E-state index contributed by atoms with van der Waals surface area (Å²) >= 11 is 3.61. The molecule has 0 saturated carbocycles. The molecule has 1 aromatic rings. The SMILES string of the molecule is CC(C)(C)N1C/C=C\CCC(=O)OC[C@@H](c2ccccc2)NC(=O)[C@@H]2[C@H]3O[C@@]4(C=C3Br)[C@H](C1=O)N(CCCCCO)C(=O)[C@@H]24. The molecule has 1 aromatic carbocycles. The molecule has 0 aliphatic carbocycles. The fraction of sp³-hybridized carbons (Fsp3) is 0.576. The van der Waals surface area contributed by atoms with E-state index < -0.39 is 53.0 Å². The molecule has 4 heterocycles. The molecule has 2 saturated heterocycles. The number of unbranched alkanes of at least 4 members (excludes halogenated alkanes) is 2. The minimum atomic E-state index is -1.33. The molecule has 0 aromatic heterocycles. The largest absolute Gasteiger partial charge is 0.463 e. The number of halogens is 1. The molecule has 6 atom stereocenters. The van der Waals surface area contributed by atoms with E-state index in [9.17, 15) is 24.3 Å². The highest BCUT2D eigenvalue weighted by Gasteiger charge is 2.74. The normalized spacial score (nSPS) is 31.9. The van der Waals surface area contributed by atoms with E-state index in [2.05, 4.69) is 21.2 Å². The van der Waals surface area contributed by atoms with Gasteiger partial charge in [-0.15, -0.1) is 0 Å². The predicted molar refractivity (Wildman–Crippen MR) is 166 cm³/mol. The summed E-state index contributed by atoms with van der Waals surface area (Å²) < 4.78 is 12.8. The van der Waals surface area contributed by atoms with E-state index in [0.29, 0.717) is 36.7 Å². The number of esters is 1. The van der Waals surface area contributed by atoms with Crippen molar-refractivity contribution in [3.63, 3.8) is 0 Å². The molecule has 1 spiro atoms. The number of amides is 3. The Morgan fingerprint density at radius 1 is 1.05 bits per heavy atom. The molecule has 4 aliphatic heterocycles. The number of aliphatic hydroxyl groups excluding tert-OH is 1. The molecule has 5 rings (SSSR count). The van der Waals surface area contributed by atoms with E-state index >= 15 is 0 Å². The Bertz CT molecular complexity index is 1330. The Morgan fingerprint density at radius 3 is 2.50 bits per heavy atom. The minimum absolute atomic E-state index is 0.0492. The van der Waals surface area contributed by atoms with E-state index in [1.54, 1.807) is 9.80 Å². The average molecular weight is 673 g/mol. The van der Waals surface area contributed by atoms with Crippen molar-refractivity contribution in [2.45, 2.75) is 82.2 Å². The maximum atomic E-state index is 14.6. The molecule has 2 fully saturated rings. The van der Waals surface area contributed by atoms with Crippen LogP contribution in [0.3, 0.4) is 0 Å². The maximum Gasteiger partial charge on any atom is 0.306 e. The van der Waals surface area contributed by atoms with Crippen LogP contribution < -0.4 is 5.32 Å². The lowest BCUT2D eigenvalue weighted by molar-refractivity contribution is -0.150. The number of nitrogens with one attached hydrogen (secondary N) is 1. The number of nitrogens with zero attached hydrogens (tertiary/aromatic N) is 2. The van der Waals surface area contributed by atoms with Crippen LogP contribution in [-0.2, 0) is 28.7 Å². The Labute approximate surface area is 266 Å². The third-order valence-electron chi connectivity index (χ3n) is 8.99. The zero-order valence-corrected chi connectivity index (χ0v) is 27.1. The topological polar surface area (TPSA) is 125 Å². The van der Waals surface area contributed by atoms with E-state index in [1.807, 2.05) is 69.3 Å². The summed E-state index contributed by atoms with van der Waals surface area (Å²) in [6.07, 6.45) is 7.28. The molecule has 0 radical (unpaired) electrons. The lowest BCUT2D eigenvalue weighted by Gasteiger charge is -2.41. The summed E-state index contributed by atoms with van der Waals surface area (Å²) in [5, 5.41) is 12.4. The fourth-order valence-electron chi connectivity index (χ4n) is 6.87. The molecule has 4 aliphatic rings. The number of hydrogen-bond donors (Lipinski definition) is 2. The Hall–Kier alpha value is -3.02. The van der Waals surface area contributed by atoms with Crippen molar-refractivity contribution in [2.24, 2.45) is 11.8 Å². The van der Waals surface area contributed by atoms with Gasteiger partial charge in [0.2, 0.25) is 17.7 Å². The Morgan fingerprint density at radius 2 is 1.80 bits per heavy atom. The zero-order chi connectivity index (χ0) is 31.6. The molecule has 11 heteroatoms. The van der Waals surface area contributed by atoms with Crippen molar-refractivity contribution in [3.05, 3.63) is 58.6 Å². The Balaban J connectivity index is 1.58. The first-order valence-electron chi connectivity index (χ1n) is 15.4. The molecule has 10 nitrogen and oxygen atoms in total. The highest BCUT2D eigenvalue weighted by molar-refractivity contribution is 9.11. The number of hydrogen-bond acceptors (Lipinski definition) is 7. The number of ether oxygens (including phenoxy) is 2. The van der Waals surface area contributed by atoms with Crippen LogP contribution in [0.5, 0.6) is 0 Å². The van der Waals surface area contributed by atoms with Gasteiger partial charge in [0.15, 0.2) is 0 Å². The first-order chi connectivity index (χ1) is 21.0. The quantitative estimate of drug-likeness (QED) is 0.270. The van der Waals surface area contributed by atoms with E-state index in [0.717, 1.165) is 5.56 Å². The number of carbonyl (C=O) groups is 4. The van der Waals surface area contributed by atoms with Crippen molar-refractivity contribution in [2.75, 3.05) is 26.3 Å². The van der Waals surface area contributed by atoms with Crippen molar-refractivity contribution in [1.82, 2.24) is 15.1 Å². The predicted octanol–water partition coefficient (Wildman–Crippen LogP) is 3.40. The van der Waals surface area contributed by atoms with Gasteiger partial charge in [0.1, 0.15) is 24.4 Å². The Kier molecular flexibility index (Phi) is 9.67. The highest BCUT2D eigenvalue weighted by Crippen LogP contribution is 2.58. The van der Waals surface area contributed by atoms with Crippen LogP contribution in [0, 0.1) is 11.8 Å². The molecule has 2 N–H and O–H groups in total. The third-order valence-corrected chi connectivity index (χ3v) is 9.67. The number of benzene rings is 1. The van der Waals surface area contributed by atoms with E-state index in [1.165, 1.54) is 0 Å². The van der Waals surface area contributed by atoms with Crippen molar-refractivity contribution in [3.8, 4) is 0 Å². The van der Waals surface area contributed by atoms with Gasteiger partial charge >= 0.3 is 5.97 Å². The van der Waals surface area contributed by atoms with E-state index in [4.69, 9.17) is 9.47 Å². The molecule has 0 unspecified atom stereocenters. The molecule has 44 heavy (non-hydrogen) atoms. The van der Waals surface area contributed by atoms with Gasteiger partial charge in [0.25, 0.3) is 0 Å². The number of rotatable bonds is 6. The first-order valence-corrected chi connectivity index (χ1v) is 16.2. The standard InChI is InChI=1S/C33H42BrN3O7/c1-32(2,3)37-17-11-5-9-15-24(39)43-20-23(21-13-7-4-8-14-21)35-29(40)25-26-30(41)36(16-10-6-12-18-38)28(31(37)42)33(26)19-22(34)27(25)44-33/h4-5,7-8,11,13-14,19,23,25-28,38H,6,9-10,12,15-18,20H2,1-3H3,(H,35,40)/b11-5-/t23-,25-,26+,27-,28-,33+/m0/s1. The van der Waals surface area contributed by atoms with Crippen molar-refractivity contribution in [1.29, 1.82) is 0 Å². The van der Waals surface area contributed by atoms with Crippen molar-refractivity contribution >= 4 is 39.6 Å². The summed E-state index contributed by atoms with van der Waals surface area (Å²) in [5.41, 5.74) is -1.16. The van der Waals surface area contributed by atoms with Crippen LogP contribution in [0.25, 0.3) is 0 Å². The minimum Gasteiger partial charge on any atom is -0.463 e. The smallest absolute Gasteiger partial charge is 0.306 e. The molecule has 3 amide bonds. The summed E-state index contributed by atoms with van der Waals surface area (Å²) in [5.74, 6) is -3.16. The number of allylic oxidation sites excluding steroid dienone is 1. The average Bonchev–Trinajstić information content (AvgIpc) is 3.57. The van der Waals surface area contributed by atoms with Gasteiger partial charge in [0, 0.05) is 36.1 Å². The monoisotopic (exact) mass is 671 g/mol. The summed E-state index contributed by atoms with van der Waals surface area (Å²) in [6, 6.07) is 7.64. The zero-order valence-electron chi connectivity index (χ0n) is 25.5. The summed E-state index contributed by atoms with van der Waals surface area (Å²) in [4.78, 5) is 59.1. The van der Waals surface area contributed by atoms with Crippen LogP contribution in [0.15, 0.2) is 53.0 Å². The van der Waals surface area contributed by atoms with Crippen molar-refractivity contribution < 1.29 is 33.8 Å². The highest BCUT2D eigenvalue weighted by atomic mass is 79.9. The van der Waals surface area contributed by atoms with Crippen LogP contribution in [0.4, 0.5) is 0 Å². The van der Waals surface area contributed by atoms with Crippen LogP contribution in [0.2, 0.25) is 0 Å². The molecular weight excluding hydrogens is 630 g/mol. The van der Waals surface area contributed by atoms with Gasteiger partial charge in [-0.05, 0) is 58.1 Å². The number of aliphatic hydroxyl groups is 1. The second kappa shape index (κ2) is 13.1. The first kappa shape index (κ1) is 32.4. The van der Waals surface area contributed by atoms with Crippen LogP contribution in [-0.4, -0.2) is 88.2 Å². The number of carbonyl (C=O) groups excluding carboxylic acids is 4. The molecule has 5 bridgehead atoms. The lowest BCUT2D eigenvalue weighted by atomic mass is 9.73. The van der Waals surface area contributed by atoms with Gasteiger partial charge in [-0.25, -0.2) is 0 Å². The lowest BCUT2D eigenvalue weighted by Crippen LogP contribution is -2.59. The van der Waals surface area contributed by atoms with Gasteiger partial charge in [0.05, 0.1) is 17.9 Å². The molecule has 238 valence electrons. The fourth-order valence-corrected chi connectivity index (χ4v) is 7.61. The second-order valence-electron chi connectivity index (χ2n) is 12.9. The van der Waals surface area contributed by atoms with Gasteiger partial charge in [-0.3, -0.25) is 19.2 Å². The third kappa shape index (κ3) is 6.10. The van der Waals surface area contributed by atoms with E-state index in [-0.39, 0.29) is 38.0 Å². The number of fused-ring (bicyclic) bond motifs is 2. The number of cyclic esters (lactones) is 1. The summed E-state index contributed by atoms with van der Waals surface area (Å²) in [6.45, 7) is 6.38. The van der Waals surface area contributed by atoms with Gasteiger partial charge in [-0.2, -0.15) is 0 Å². The maximum absolute atomic E-state index is 14.6. The number of likely N-dealkylation sites (tertiary alicyclic amines) is 1. The van der Waals surface area contributed by atoms with Gasteiger partial charge < -0.3 is 29.7 Å². The summed E-state index contributed by atoms with van der Waals surface area (Å²) in [7, 11) is 0. The second-order valence-corrected chi connectivity index (χ2v) is 13.8. The van der Waals surface area contributed by atoms with Crippen LogP contribution in [0.1, 0.15) is 64.5 Å². The van der Waals surface area contributed by atoms with Gasteiger partial charge in [-0.1, -0.05) is 58.4 Å².